The Bertz CT molecular complexity index is 560. The van der Waals surface area contributed by atoms with Crippen molar-refractivity contribution in [1.82, 2.24) is 5.32 Å². The van der Waals surface area contributed by atoms with Crippen molar-refractivity contribution in [3.05, 3.63) is 68.7 Å². The third-order valence-electron chi connectivity index (χ3n) is 2.83. The Labute approximate surface area is 126 Å². The number of aliphatic hydroxyl groups is 1. The maximum Gasteiger partial charge on any atom is 0.0681 e. The Hall–Kier alpha value is -0.870. The van der Waals surface area contributed by atoms with E-state index >= 15 is 0 Å². The Morgan fingerprint density at radius 3 is 2.63 bits per heavy atom. The van der Waals surface area contributed by atoms with Crippen LogP contribution in [0.15, 0.2) is 46.9 Å². The maximum absolute atomic E-state index is 9.09. The highest BCUT2D eigenvalue weighted by atomic mass is 79.9. The van der Waals surface area contributed by atoms with Crippen LogP contribution < -0.4 is 5.32 Å². The van der Waals surface area contributed by atoms with E-state index in [-0.39, 0.29) is 6.61 Å². The summed E-state index contributed by atoms with van der Waals surface area (Å²) < 4.78 is 1.05. The minimum atomic E-state index is 0.0771. The van der Waals surface area contributed by atoms with Crippen LogP contribution in [0.3, 0.4) is 0 Å². The molecule has 0 radical (unpaired) electrons. The number of hydrogen-bond acceptors (Lipinski definition) is 2. The van der Waals surface area contributed by atoms with Gasteiger partial charge in [0.2, 0.25) is 0 Å². The Morgan fingerprint density at radius 2 is 1.84 bits per heavy atom. The highest BCUT2D eigenvalue weighted by Gasteiger charge is 2.01. The fourth-order valence-electron chi connectivity index (χ4n) is 1.86. The van der Waals surface area contributed by atoms with Crippen molar-refractivity contribution >= 4 is 27.5 Å². The van der Waals surface area contributed by atoms with Crippen molar-refractivity contribution in [2.45, 2.75) is 19.7 Å². The molecule has 0 aliphatic heterocycles. The molecular formula is C15H15BrClNO. The number of nitrogens with one attached hydrogen (secondary N) is 1. The molecule has 0 aromatic heterocycles. The summed E-state index contributed by atoms with van der Waals surface area (Å²) >= 11 is 9.48. The summed E-state index contributed by atoms with van der Waals surface area (Å²) in [7, 11) is 0. The molecule has 2 aromatic rings. The van der Waals surface area contributed by atoms with E-state index in [2.05, 4.69) is 21.2 Å². The van der Waals surface area contributed by atoms with Crippen molar-refractivity contribution < 1.29 is 5.11 Å². The normalized spacial score (nSPS) is 10.7. The van der Waals surface area contributed by atoms with Crippen LogP contribution in [0.1, 0.15) is 16.7 Å². The van der Waals surface area contributed by atoms with Crippen molar-refractivity contribution in [3.63, 3.8) is 0 Å². The van der Waals surface area contributed by atoms with E-state index in [1.54, 1.807) is 0 Å². The summed E-state index contributed by atoms with van der Waals surface area (Å²) in [6.45, 7) is 1.57. The van der Waals surface area contributed by atoms with E-state index < -0.39 is 0 Å². The molecule has 0 saturated heterocycles. The van der Waals surface area contributed by atoms with Crippen LogP contribution in [0.5, 0.6) is 0 Å². The minimum Gasteiger partial charge on any atom is -0.392 e. The van der Waals surface area contributed by atoms with Gasteiger partial charge in [0.1, 0.15) is 0 Å². The summed E-state index contributed by atoms with van der Waals surface area (Å²) in [5, 5.41) is 13.2. The van der Waals surface area contributed by atoms with Gasteiger partial charge in [0.05, 0.1) is 6.61 Å². The highest BCUT2D eigenvalue weighted by molar-refractivity contribution is 9.10. The van der Waals surface area contributed by atoms with E-state index in [0.717, 1.165) is 39.3 Å². The van der Waals surface area contributed by atoms with Gasteiger partial charge in [-0.15, -0.1) is 0 Å². The van der Waals surface area contributed by atoms with Crippen molar-refractivity contribution in [2.75, 3.05) is 0 Å². The smallest absolute Gasteiger partial charge is 0.0681 e. The predicted octanol–water partition coefficient (Wildman–Crippen LogP) is 3.88. The van der Waals surface area contributed by atoms with E-state index in [0.29, 0.717) is 0 Å². The molecule has 4 heteroatoms. The highest BCUT2D eigenvalue weighted by Crippen LogP contribution is 2.21. The summed E-state index contributed by atoms with van der Waals surface area (Å²) in [5.74, 6) is 0. The third kappa shape index (κ3) is 4.32. The van der Waals surface area contributed by atoms with Gasteiger partial charge in [-0.25, -0.2) is 0 Å². The molecule has 0 amide bonds. The lowest BCUT2D eigenvalue weighted by Crippen LogP contribution is -2.13. The number of benzene rings is 2. The van der Waals surface area contributed by atoms with Gasteiger partial charge in [-0.3, -0.25) is 0 Å². The molecule has 19 heavy (non-hydrogen) atoms. The molecule has 0 unspecified atom stereocenters. The van der Waals surface area contributed by atoms with Crippen LogP contribution in [-0.2, 0) is 19.7 Å². The lowest BCUT2D eigenvalue weighted by atomic mass is 10.1. The molecule has 0 aliphatic carbocycles. The topological polar surface area (TPSA) is 32.3 Å². The van der Waals surface area contributed by atoms with Crippen LogP contribution in [0.4, 0.5) is 0 Å². The quantitative estimate of drug-likeness (QED) is 0.865. The van der Waals surface area contributed by atoms with Gasteiger partial charge in [0.15, 0.2) is 0 Å². The first-order valence-corrected chi connectivity index (χ1v) is 7.19. The Balaban J connectivity index is 1.94. The molecule has 2 nitrogen and oxygen atoms in total. The zero-order valence-corrected chi connectivity index (χ0v) is 12.7. The lowest BCUT2D eigenvalue weighted by molar-refractivity contribution is 0.281. The zero-order chi connectivity index (χ0) is 13.7. The molecule has 0 bridgehead atoms. The van der Waals surface area contributed by atoms with Gasteiger partial charge < -0.3 is 10.4 Å². The molecule has 2 N–H and O–H groups in total. The van der Waals surface area contributed by atoms with E-state index in [1.807, 2.05) is 42.5 Å². The van der Waals surface area contributed by atoms with Crippen LogP contribution >= 0.6 is 27.5 Å². The number of halogens is 2. The summed E-state index contributed by atoms with van der Waals surface area (Å²) in [4.78, 5) is 0. The van der Waals surface area contributed by atoms with Crippen LogP contribution in [0.25, 0.3) is 0 Å². The first kappa shape index (κ1) is 14.5. The van der Waals surface area contributed by atoms with Crippen LogP contribution in [-0.4, -0.2) is 5.11 Å². The van der Waals surface area contributed by atoms with Gasteiger partial charge in [-0.2, -0.15) is 0 Å². The molecule has 0 atom stereocenters. The van der Waals surface area contributed by atoms with Gasteiger partial charge >= 0.3 is 0 Å². The van der Waals surface area contributed by atoms with Gasteiger partial charge in [-0.1, -0.05) is 51.8 Å². The van der Waals surface area contributed by atoms with E-state index in [9.17, 15) is 0 Å². The standard InChI is InChI=1S/C15H15BrClNO/c16-15-5-4-14(17)7-13(15)9-18-8-11-2-1-3-12(6-11)10-19/h1-7,18-19H,8-10H2. The summed E-state index contributed by atoms with van der Waals surface area (Å²) in [6, 6.07) is 13.7. The minimum absolute atomic E-state index is 0.0771. The fourth-order valence-corrected chi connectivity index (χ4v) is 2.44. The summed E-state index contributed by atoms with van der Waals surface area (Å²) in [5.41, 5.74) is 3.22. The molecule has 0 fully saturated rings. The maximum atomic E-state index is 9.09. The van der Waals surface area contributed by atoms with E-state index in [1.165, 1.54) is 0 Å². The van der Waals surface area contributed by atoms with E-state index in [4.69, 9.17) is 16.7 Å². The molecule has 0 heterocycles. The average molecular weight is 341 g/mol. The number of rotatable bonds is 5. The molecule has 0 aliphatic rings. The fraction of sp³-hybridized carbons (Fsp3) is 0.200. The zero-order valence-electron chi connectivity index (χ0n) is 10.4. The second-order valence-corrected chi connectivity index (χ2v) is 5.61. The SMILES string of the molecule is OCc1cccc(CNCc2cc(Cl)ccc2Br)c1. The molecule has 0 spiro atoms. The Kier molecular flexibility index (Phi) is 5.40. The Morgan fingerprint density at radius 1 is 1.05 bits per heavy atom. The van der Waals surface area contributed by atoms with Crippen LogP contribution in [0, 0.1) is 0 Å². The van der Waals surface area contributed by atoms with Gasteiger partial charge in [0.25, 0.3) is 0 Å². The third-order valence-corrected chi connectivity index (χ3v) is 3.84. The second-order valence-electron chi connectivity index (χ2n) is 4.32. The molecule has 2 aromatic carbocycles. The van der Waals surface area contributed by atoms with Gasteiger partial charge in [-0.05, 0) is 34.9 Å². The monoisotopic (exact) mass is 339 g/mol. The molecular weight excluding hydrogens is 326 g/mol. The van der Waals surface area contributed by atoms with Crippen molar-refractivity contribution in [1.29, 1.82) is 0 Å². The molecule has 2 rings (SSSR count). The largest absolute Gasteiger partial charge is 0.392 e. The predicted molar refractivity (Wildman–Crippen MR) is 82.1 cm³/mol. The van der Waals surface area contributed by atoms with Gasteiger partial charge in [0, 0.05) is 22.6 Å². The average Bonchev–Trinajstić information content (AvgIpc) is 2.43. The summed E-state index contributed by atoms with van der Waals surface area (Å²) in [6.07, 6.45) is 0. The number of aliphatic hydroxyl groups excluding tert-OH is 1. The first-order valence-electron chi connectivity index (χ1n) is 6.02. The van der Waals surface area contributed by atoms with Crippen molar-refractivity contribution in [2.24, 2.45) is 0 Å². The second kappa shape index (κ2) is 7.06. The first-order chi connectivity index (χ1) is 9.19. The molecule has 0 saturated carbocycles. The number of hydrogen-bond donors (Lipinski definition) is 2. The van der Waals surface area contributed by atoms with Crippen LogP contribution in [0.2, 0.25) is 5.02 Å². The van der Waals surface area contributed by atoms with Crippen molar-refractivity contribution in [3.8, 4) is 0 Å². The lowest BCUT2D eigenvalue weighted by Gasteiger charge is -2.08. The molecule has 100 valence electrons.